The van der Waals surface area contributed by atoms with Crippen LogP contribution < -0.4 is 5.32 Å². The molecule has 1 unspecified atom stereocenters. The fourth-order valence-corrected chi connectivity index (χ4v) is 5.67. The minimum Gasteiger partial charge on any atom is -0.369 e. The first kappa shape index (κ1) is 27.6. The van der Waals surface area contributed by atoms with Gasteiger partial charge in [-0.2, -0.15) is 0 Å². The van der Waals surface area contributed by atoms with Gasteiger partial charge < -0.3 is 15.1 Å². The van der Waals surface area contributed by atoms with Gasteiger partial charge in [0.15, 0.2) is 0 Å². The van der Waals surface area contributed by atoms with E-state index in [4.69, 9.17) is 23.2 Å². The predicted molar refractivity (Wildman–Crippen MR) is 147 cm³/mol. The number of hydrogen-bond donors (Lipinski definition) is 1. The van der Waals surface area contributed by atoms with Crippen LogP contribution in [0.2, 0.25) is 10.0 Å². The summed E-state index contributed by atoms with van der Waals surface area (Å²) in [5.74, 6) is 0.913. The molecule has 2 aliphatic rings. The largest absolute Gasteiger partial charge is 0.369 e. The molecule has 1 atom stereocenters. The number of likely N-dealkylation sites (tertiary alicyclic amines) is 2. The summed E-state index contributed by atoms with van der Waals surface area (Å²) in [5.41, 5.74) is 2.27. The zero-order valence-corrected chi connectivity index (χ0v) is 23.4. The number of hydrogen-bond acceptors (Lipinski definition) is 6. The van der Waals surface area contributed by atoms with Gasteiger partial charge in [-0.3, -0.25) is 14.5 Å². The molecule has 0 saturated carbocycles. The number of nitrogens with zero attached hydrogens (tertiary/aromatic N) is 5. The molecule has 4 rings (SSSR count). The Morgan fingerprint density at radius 1 is 1.08 bits per heavy atom. The first-order valence-corrected chi connectivity index (χ1v) is 13.7. The van der Waals surface area contributed by atoms with Gasteiger partial charge in [-0.25, -0.2) is 9.97 Å². The number of rotatable bonds is 7. The van der Waals surface area contributed by atoms with Gasteiger partial charge in [-0.05, 0) is 63.3 Å². The third-order valence-corrected chi connectivity index (χ3v) is 8.23. The smallest absolute Gasteiger partial charge is 0.272 e. The van der Waals surface area contributed by atoms with Crippen LogP contribution in [0.15, 0.2) is 24.5 Å². The highest BCUT2D eigenvalue weighted by Crippen LogP contribution is 2.26. The summed E-state index contributed by atoms with van der Waals surface area (Å²) in [5, 5.41) is 4.41. The van der Waals surface area contributed by atoms with Crippen molar-refractivity contribution in [3.8, 4) is 0 Å². The number of aromatic nitrogens is 2. The highest BCUT2D eigenvalue weighted by atomic mass is 35.5. The van der Waals surface area contributed by atoms with Gasteiger partial charge in [0.25, 0.3) is 5.91 Å². The summed E-state index contributed by atoms with van der Waals surface area (Å²) in [6, 6.07) is 6.01. The second-order valence-electron chi connectivity index (χ2n) is 10.2. The lowest BCUT2D eigenvalue weighted by Gasteiger charge is -2.42. The van der Waals surface area contributed by atoms with Crippen LogP contribution in [0.1, 0.15) is 47.3 Å². The summed E-state index contributed by atoms with van der Waals surface area (Å²) in [6.45, 7) is 5.75. The predicted octanol–water partition coefficient (Wildman–Crippen LogP) is 4.15. The summed E-state index contributed by atoms with van der Waals surface area (Å²) in [7, 11) is 3.66. The lowest BCUT2D eigenvalue weighted by Crippen LogP contribution is -2.51. The van der Waals surface area contributed by atoms with E-state index in [-0.39, 0.29) is 17.7 Å². The van der Waals surface area contributed by atoms with Gasteiger partial charge in [0.05, 0.1) is 16.0 Å². The lowest BCUT2D eigenvalue weighted by molar-refractivity contribution is -0.135. The Hall–Kier alpha value is -2.42. The second-order valence-corrected chi connectivity index (χ2v) is 11.0. The molecule has 8 nitrogen and oxygen atoms in total. The van der Waals surface area contributed by atoms with Crippen molar-refractivity contribution in [1.82, 2.24) is 24.7 Å². The van der Waals surface area contributed by atoms with Crippen molar-refractivity contribution >= 4 is 40.8 Å². The van der Waals surface area contributed by atoms with E-state index in [0.717, 1.165) is 56.3 Å². The van der Waals surface area contributed by atoms with Crippen molar-refractivity contribution in [1.29, 1.82) is 0 Å². The fourth-order valence-electron chi connectivity index (χ4n) is 5.35. The molecule has 3 heterocycles. The molecule has 0 bridgehead atoms. The van der Waals surface area contributed by atoms with E-state index in [0.29, 0.717) is 47.2 Å². The Kier molecular flexibility index (Phi) is 9.27. The van der Waals surface area contributed by atoms with E-state index in [1.54, 1.807) is 11.0 Å². The maximum absolute atomic E-state index is 13.4. The molecule has 37 heavy (non-hydrogen) atoms. The Morgan fingerprint density at radius 2 is 1.84 bits per heavy atom. The van der Waals surface area contributed by atoms with E-state index in [2.05, 4.69) is 20.2 Å². The van der Waals surface area contributed by atoms with Crippen LogP contribution in [0.5, 0.6) is 0 Å². The van der Waals surface area contributed by atoms with Crippen molar-refractivity contribution in [2.45, 2.75) is 45.1 Å². The quantitative estimate of drug-likeness (QED) is 0.561. The van der Waals surface area contributed by atoms with Crippen LogP contribution in [0.25, 0.3) is 0 Å². The van der Waals surface area contributed by atoms with Crippen LogP contribution in [0.3, 0.4) is 0 Å². The zero-order chi connectivity index (χ0) is 26.5. The zero-order valence-electron chi connectivity index (χ0n) is 21.8. The van der Waals surface area contributed by atoms with E-state index in [1.807, 2.05) is 38.1 Å². The molecule has 0 aliphatic carbocycles. The van der Waals surface area contributed by atoms with Gasteiger partial charge >= 0.3 is 0 Å². The molecule has 0 radical (unpaired) electrons. The fraction of sp³-hybridized carbons (Fsp3) is 0.556. The third-order valence-electron chi connectivity index (χ3n) is 7.49. The van der Waals surface area contributed by atoms with E-state index < -0.39 is 0 Å². The van der Waals surface area contributed by atoms with Gasteiger partial charge in [0.2, 0.25) is 5.91 Å². The summed E-state index contributed by atoms with van der Waals surface area (Å²) < 4.78 is 0. The Morgan fingerprint density at radius 3 is 2.54 bits per heavy atom. The maximum atomic E-state index is 13.4. The molecule has 2 aromatic rings. The number of carbonyl (C=O) groups excluding carboxylic acids is 2. The number of benzene rings is 1. The SMILES string of the molecule is Cc1c(NCCc2ccc(Cl)c(Cl)c2)ncnc1C(=O)N1CCC(N2CCCC(C(=O)N(C)C)C2)CC1. The monoisotopic (exact) mass is 546 g/mol. The molecule has 10 heteroatoms. The minimum absolute atomic E-state index is 0.0508. The van der Waals surface area contributed by atoms with Crippen molar-refractivity contribution in [3.63, 3.8) is 0 Å². The van der Waals surface area contributed by atoms with Crippen LogP contribution >= 0.6 is 23.2 Å². The number of carbonyl (C=O) groups is 2. The van der Waals surface area contributed by atoms with Crippen LogP contribution in [-0.4, -0.2) is 89.3 Å². The molecule has 1 N–H and O–H groups in total. The highest BCUT2D eigenvalue weighted by Gasteiger charge is 2.33. The Labute approximate surface area is 229 Å². The molecule has 1 aromatic carbocycles. The molecule has 2 fully saturated rings. The summed E-state index contributed by atoms with van der Waals surface area (Å²) in [4.78, 5) is 40.6. The molecule has 2 aliphatic heterocycles. The number of halogens is 2. The van der Waals surface area contributed by atoms with Crippen molar-refractivity contribution in [2.75, 3.05) is 52.1 Å². The normalized spacial score (nSPS) is 19.1. The van der Waals surface area contributed by atoms with Crippen molar-refractivity contribution in [3.05, 3.63) is 51.4 Å². The minimum atomic E-state index is -0.0508. The van der Waals surface area contributed by atoms with Gasteiger partial charge in [-0.15, -0.1) is 0 Å². The van der Waals surface area contributed by atoms with Crippen LogP contribution in [-0.2, 0) is 11.2 Å². The molecule has 0 spiro atoms. The molecular formula is C27H36Cl2N6O2. The Bertz CT molecular complexity index is 1120. The van der Waals surface area contributed by atoms with Crippen LogP contribution in [0, 0.1) is 12.8 Å². The number of piperidine rings is 2. The molecule has 200 valence electrons. The lowest BCUT2D eigenvalue weighted by atomic mass is 9.93. The first-order valence-electron chi connectivity index (χ1n) is 13.0. The van der Waals surface area contributed by atoms with Crippen molar-refractivity contribution in [2.24, 2.45) is 5.92 Å². The van der Waals surface area contributed by atoms with Crippen LogP contribution in [0.4, 0.5) is 5.82 Å². The van der Waals surface area contributed by atoms with Gasteiger partial charge in [0.1, 0.15) is 17.8 Å². The topological polar surface area (TPSA) is 81.7 Å². The summed E-state index contributed by atoms with van der Waals surface area (Å²) in [6.07, 6.45) is 6.02. The number of anilines is 1. The van der Waals surface area contributed by atoms with E-state index in [9.17, 15) is 9.59 Å². The van der Waals surface area contributed by atoms with Gasteiger partial charge in [0, 0.05) is 51.9 Å². The summed E-state index contributed by atoms with van der Waals surface area (Å²) >= 11 is 12.1. The first-order chi connectivity index (χ1) is 17.7. The molecule has 2 saturated heterocycles. The maximum Gasteiger partial charge on any atom is 0.272 e. The van der Waals surface area contributed by atoms with E-state index >= 15 is 0 Å². The second kappa shape index (κ2) is 12.4. The molecule has 1 aromatic heterocycles. The number of nitrogens with one attached hydrogen (secondary N) is 1. The third kappa shape index (κ3) is 6.72. The highest BCUT2D eigenvalue weighted by molar-refractivity contribution is 6.42. The Balaban J connectivity index is 1.31. The van der Waals surface area contributed by atoms with Gasteiger partial charge in [-0.1, -0.05) is 29.3 Å². The van der Waals surface area contributed by atoms with Crippen molar-refractivity contribution < 1.29 is 9.59 Å². The van der Waals surface area contributed by atoms with E-state index in [1.165, 1.54) is 6.33 Å². The average Bonchev–Trinajstić information content (AvgIpc) is 2.91. The average molecular weight is 548 g/mol. The molecular weight excluding hydrogens is 511 g/mol. The number of amides is 2. The standard InChI is InChI=1S/C27H36Cl2N6O2/c1-18-24(31-17-32-25(18)30-11-8-19-6-7-22(28)23(29)15-19)27(37)34-13-9-21(10-14-34)35-12-4-5-20(16-35)26(36)33(2)3/h6-7,15,17,20-21H,4-5,8-14,16H2,1-3H3,(H,30,31,32). The molecule has 2 amide bonds.